The maximum absolute atomic E-state index is 5.46. The molecule has 4 nitrogen and oxygen atoms in total. The molecule has 1 aromatic carbocycles. The van der Waals surface area contributed by atoms with Crippen LogP contribution >= 0.6 is 22.6 Å². The van der Waals surface area contributed by atoms with E-state index >= 15 is 0 Å². The van der Waals surface area contributed by atoms with Crippen molar-refractivity contribution in [1.29, 1.82) is 0 Å². The SMILES string of the molecule is I\C=C/C(/C=C\C=[N+]1CCOCC1)=C/C1=CC(=C/c2ccc(N3CCOCC3)cc2)/CC1. The molecule has 0 atom stereocenters. The standard InChI is InChI=1S/C27H32IN2O2/c28-10-9-23(2-1-11-29-12-16-31-17-13-29)20-25-3-4-26(22-25)21-24-5-7-27(8-6-24)30-14-18-32-19-15-30/h1-2,5-11,20-22H,3-4,12-19H2/q+1/b10-9-. The van der Waals surface area contributed by atoms with Crippen molar-refractivity contribution in [3.8, 4) is 0 Å². The van der Waals surface area contributed by atoms with Gasteiger partial charge in [0.05, 0.1) is 13.2 Å². The molecule has 0 radical (unpaired) electrons. The number of nitrogens with zero attached hydrogens (tertiary/aromatic N) is 2. The van der Waals surface area contributed by atoms with Crippen LogP contribution in [0.4, 0.5) is 5.69 Å². The summed E-state index contributed by atoms with van der Waals surface area (Å²) in [4.78, 5) is 2.39. The number of benzene rings is 1. The van der Waals surface area contributed by atoms with Gasteiger partial charge in [-0.1, -0.05) is 53.0 Å². The average Bonchev–Trinajstić information content (AvgIpc) is 3.27. The van der Waals surface area contributed by atoms with Crippen LogP contribution in [0.5, 0.6) is 0 Å². The van der Waals surface area contributed by atoms with Crippen molar-refractivity contribution >= 4 is 40.6 Å². The van der Waals surface area contributed by atoms with E-state index in [1.807, 2.05) is 0 Å². The number of morpholine rings is 2. The van der Waals surface area contributed by atoms with Crippen LogP contribution in [0, 0.1) is 0 Å². The molecule has 32 heavy (non-hydrogen) atoms. The van der Waals surface area contributed by atoms with Crippen molar-refractivity contribution in [3.63, 3.8) is 0 Å². The molecule has 5 heteroatoms. The summed E-state index contributed by atoms with van der Waals surface area (Å²) in [5.74, 6) is 0. The topological polar surface area (TPSA) is 24.7 Å². The lowest BCUT2D eigenvalue weighted by Crippen LogP contribution is -2.36. The fraction of sp³-hybridized carbons (Fsp3) is 0.370. The molecular formula is C27H32IN2O2+. The van der Waals surface area contributed by atoms with E-state index in [2.05, 4.69) is 103 Å². The van der Waals surface area contributed by atoms with Gasteiger partial charge in [0.1, 0.15) is 13.2 Å². The van der Waals surface area contributed by atoms with Crippen LogP contribution in [-0.4, -0.2) is 63.4 Å². The molecule has 0 unspecified atom stereocenters. The van der Waals surface area contributed by atoms with E-state index in [0.717, 1.165) is 65.4 Å². The minimum Gasteiger partial charge on any atom is -0.378 e. The first-order valence-corrected chi connectivity index (χ1v) is 12.7. The number of halogens is 1. The van der Waals surface area contributed by atoms with Crippen LogP contribution < -0.4 is 4.90 Å². The zero-order valence-electron chi connectivity index (χ0n) is 18.6. The van der Waals surface area contributed by atoms with Crippen LogP contribution in [0.3, 0.4) is 0 Å². The summed E-state index contributed by atoms with van der Waals surface area (Å²) in [5.41, 5.74) is 6.58. The predicted molar refractivity (Wildman–Crippen MR) is 142 cm³/mol. The van der Waals surface area contributed by atoms with E-state index < -0.39 is 0 Å². The number of hydrogen-bond acceptors (Lipinski definition) is 3. The van der Waals surface area contributed by atoms with Gasteiger partial charge in [-0.3, -0.25) is 0 Å². The summed E-state index contributed by atoms with van der Waals surface area (Å²) >= 11 is 2.29. The number of anilines is 1. The Hall–Kier alpha value is -1.96. The van der Waals surface area contributed by atoms with Gasteiger partial charge in [0, 0.05) is 24.9 Å². The highest BCUT2D eigenvalue weighted by Crippen LogP contribution is 2.28. The Morgan fingerprint density at radius 2 is 1.69 bits per heavy atom. The average molecular weight is 543 g/mol. The van der Waals surface area contributed by atoms with Gasteiger partial charge in [0.2, 0.25) is 0 Å². The predicted octanol–water partition coefficient (Wildman–Crippen LogP) is 5.17. The Kier molecular flexibility index (Phi) is 8.94. The van der Waals surface area contributed by atoms with Crippen LogP contribution in [0.2, 0.25) is 0 Å². The summed E-state index contributed by atoms with van der Waals surface area (Å²) in [7, 11) is 0. The Morgan fingerprint density at radius 1 is 0.938 bits per heavy atom. The molecule has 0 saturated carbocycles. The fourth-order valence-electron chi connectivity index (χ4n) is 4.16. The third-order valence-electron chi connectivity index (χ3n) is 5.93. The van der Waals surface area contributed by atoms with Gasteiger partial charge in [0.25, 0.3) is 0 Å². The summed E-state index contributed by atoms with van der Waals surface area (Å²) < 4.78 is 15.3. The van der Waals surface area contributed by atoms with E-state index in [0.29, 0.717) is 0 Å². The number of hydrogen-bond donors (Lipinski definition) is 0. The lowest BCUT2D eigenvalue weighted by molar-refractivity contribution is -0.544. The van der Waals surface area contributed by atoms with Crippen LogP contribution in [0.1, 0.15) is 18.4 Å². The molecule has 0 N–H and O–H groups in total. The van der Waals surface area contributed by atoms with E-state index in [9.17, 15) is 0 Å². The monoisotopic (exact) mass is 543 g/mol. The van der Waals surface area contributed by atoms with E-state index in [-0.39, 0.29) is 0 Å². The van der Waals surface area contributed by atoms with E-state index in [1.165, 1.54) is 28.0 Å². The summed E-state index contributed by atoms with van der Waals surface area (Å²) in [5, 5.41) is 0. The van der Waals surface area contributed by atoms with E-state index in [4.69, 9.17) is 9.47 Å². The maximum atomic E-state index is 5.46. The second-order valence-corrected chi connectivity index (χ2v) is 8.94. The van der Waals surface area contributed by atoms with Crippen molar-refractivity contribution in [2.24, 2.45) is 0 Å². The lowest BCUT2D eigenvalue weighted by Gasteiger charge is -2.28. The molecule has 2 aliphatic heterocycles. The zero-order valence-corrected chi connectivity index (χ0v) is 20.7. The van der Waals surface area contributed by atoms with Crippen LogP contribution in [0.25, 0.3) is 6.08 Å². The highest BCUT2D eigenvalue weighted by Gasteiger charge is 2.12. The van der Waals surface area contributed by atoms with Crippen molar-refractivity contribution in [2.75, 3.05) is 57.5 Å². The van der Waals surface area contributed by atoms with Gasteiger partial charge in [0.15, 0.2) is 19.3 Å². The number of allylic oxidation sites excluding steroid dienone is 8. The van der Waals surface area contributed by atoms with Crippen molar-refractivity contribution in [3.05, 3.63) is 81.0 Å². The Bertz CT molecular complexity index is 940. The first-order valence-electron chi connectivity index (χ1n) is 11.5. The molecule has 2 heterocycles. The molecule has 0 bridgehead atoms. The molecule has 0 amide bonds. The largest absolute Gasteiger partial charge is 0.378 e. The second kappa shape index (κ2) is 12.3. The Morgan fingerprint density at radius 3 is 2.44 bits per heavy atom. The zero-order chi connectivity index (χ0) is 22.0. The summed E-state index contributed by atoms with van der Waals surface area (Å²) in [6.07, 6.45) is 17.8. The molecule has 168 valence electrons. The molecule has 0 aromatic heterocycles. The molecule has 3 aliphatic rings. The van der Waals surface area contributed by atoms with Gasteiger partial charge in [-0.25, -0.2) is 4.58 Å². The highest BCUT2D eigenvalue weighted by molar-refractivity contribution is 14.1. The fourth-order valence-corrected chi connectivity index (χ4v) is 4.57. The van der Waals surface area contributed by atoms with Gasteiger partial charge in [-0.05, 0) is 63.5 Å². The van der Waals surface area contributed by atoms with Gasteiger partial charge in [-0.15, -0.1) is 0 Å². The number of ether oxygens (including phenoxy) is 2. The normalized spacial score (nSPS) is 21.7. The molecule has 1 aromatic rings. The van der Waals surface area contributed by atoms with Gasteiger partial charge >= 0.3 is 0 Å². The third-order valence-corrected chi connectivity index (χ3v) is 6.29. The Labute approximate surface area is 205 Å². The molecule has 1 aliphatic carbocycles. The molecule has 0 spiro atoms. The molecule has 2 saturated heterocycles. The summed E-state index contributed by atoms with van der Waals surface area (Å²) in [6, 6.07) is 8.92. The van der Waals surface area contributed by atoms with E-state index in [1.54, 1.807) is 0 Å². The highest BCUT2D eigenvalue weighted by atomic mass is 127. The van der Waals surface area contributed by atoms with Crippen LogP contribution in [-0.2, 0) is 9.47 Å². The van der Waals surface area contributed by atoms with Crippen molar-refractivity contribution in [2.45, 2.75) is 12.8 Å². The quantitative estimate of drug-likeness (QED) is 0.281. The molecular weight excluding hydrogens is 511 g/mol. The first kappa shape index (κ1) is 23.2. The first-order chi connectivity index (χ1) is 15.8. The smallest absolute Gasteiger partial charge is 0.166 e. The van der Waals surface area contributed by atoms with Crippen molar-refractivity contribution < 1.29 is 14.0 Å². The maximum Gasteiger partial charge on any atom is 0.166 e. The summed E-state index contributed by atoms with van der Waals surface area (Å²) in [6.45, 7) is 7.18. The molecule has 2 fully saturated rings. The van der Waals surface area contributed by atoms with Gasteiger partial charge < -0.3 is 14.4 Å². The molecule has 4 rings (SSSR count). The van der Waals surface area contributed by atoms with Crippen molar-refractivity contribution in [1.82, 2.24) is 0 Å². The van der Waals surface area contributed by atoms with Crippen LogP contribution in [0.15, 0.2) is 75.4 Å². The van der Waals surface area contributed by atoms with Gasteiger partial charge in [-0.2, -0.15) is 0 Å². The third kappa shape index (κ3) is 7.02. The minimum absolute atomic E-state index is 0.818. The Balaban J connectivity index is 1.41. The lowest BCUT2D eigenvalue weighted by atomic mass is 10.1. The number of rotatable bonds is 6. The minimum atomic E-state index is 0.818. The second-order valence-electron chi connectivity index (χ2n) is 8.22.